The minimum absolute atomic E-state index is 0.0228. The molecule has 122 valence electrons. The van der Waals surface area contributed by atoms with Crippen molar-refractivity contribution in [2.75, 3.05) is 6.54 Å². The van der Waals surface area contributed by atoms with Crippen molar-refractivity contribution in [3.8, 4) is 0 Å². The monoisotopic (exact) mass is 314 g/mol. The van der Waals surface area contributed by atoms with Crippen LogP contribution in [0.2, 0.25) is 0 Å². The minimum Gasteiger partial charge on any atom is -0.339 e. The number of aromatic nitrogens is 2. The van der Waals surface area contributed by atoms with Crippen molar-refractivity contribution in [1.82, 2.24) is 20.4 Å². The molecule has 1 fully saturated rings. The molecular weight excluding hydrogens is 292 g/mol. The molecule has 0 spiro atoms. The third-order valence-electron chi connectivity index (χ3n) is 4.49. The molecular formula is C17H22N4O2. The zero-order chi connectivity index (χ0) is 16.4. The summed E-state index contributed by atoms with van der Waals surface area (Å²) in [6, 6.07) is 7.13. The van der Waals surface area contributed by atoms with Gasteiger partial charge in [0.2, 0.25) is 5.91 Å². The molecule has 0 bridgehead atoms. The Bertz CT molecular complexity index is 724. The molecule has 1 aliphatic rings. The lowest BCUT2D eigenvalue weighted by atomic mass is 10.0. The van der Waals surface area contributed by atoms with E-state index in [1.807, 2.05) is 29.2 Å². The molecule has 2 N–H and O–H groups in total. The lowest BCUT2D eigenvalue weighted by Gasteiger charge is -2.35. The molecule has 2 aromatic rings. The fraction of sp³-hybridized carbons (Fsp3) is 0.471. The summed E-state index contributed by atoms with van der Waals surface area (Å²) in [4.78, 5) is 26.9. The molecule has 2 heterocycles. The van der Waals surface area contributed by atoms with Gasteiger partial charge in [0.1, 0.15) is 6.04 Å². The summed E-state index contributed by atoms with van der Waals surface area (Å²) in [5.41, 5.74) is 1.13. The van der Waals surface area contributed by atoms with Gasteiger partial charge in [-0.1, -0.05) is 18.2 Å². The Morgan fingerprint density at radius 3 is 2.91 bits per heavy atom. The van der Waals surface area contributed by atoms with Gasteiger partial charge in [-0.25, -0.2) is 0 Å². The molecule has 1 aliphatic heterocycles. The average Bonchev–Trinajstić information content (AvgIpc) is 2.98. The van der Waals surface area contributed by atoms with E-state index in [-0.39, 0.29) is 17.9 Å². The van der Waals surface area contributed by atoms with Crippen molar-refractivity contribution in [3.63, 3.8) is 0 Å². The number of benzene rings is 1. The van der Waals surface area contributed by atoms with Crippen LogP contribution in [0.25, 0.3) is 10.9 Å². The van der Waals surface area contributed by atoms with Crippen molar-refractivity contribution >= 4 is 22.7 Å². The van der Waals surface area contributed by atoms with Crippen molar-refractivity contribution in [1.29, 1.82) is 0 Å². The molecule has 6 heteroatoms. The van der Waals surface area contributed by atoms with Gasteiger partial charge in [-0.15, -0.1) is 0 Å². The van der Waals surface area contributed by atoms with Gasteiger partial charge in [-0.3, -0.25) is 14.7 Å². The number of amides is 2. The van der Waals surface area contributed by atoms with Gasteiger partial charge in [0.25, 0.3) is 5.91 Å². The van der Waals surface area contributed by atoms with Gasteiger partial charge in [-0.05, 0) is 39.2 Å². The van der Waals surface area contributed by atoms with E-state index in [1.165, 1.54) is 0 Å². The number of aromatic amines is 1. The fourth-order valence-electron chi connectivity index (χ4n) is 3.14. The standard InChI is InChI=1S/C17H22N4O2/c1-11-7-5-6-10-21(11)17(23)12(2)18-16(22)15-13-8-3-4-9-14(13)19-20-15/h3-4,8-9,11-12H,5-7,10H2,1-2H3,(H,18,22)(H,19,20)/t11-,12-/m0/s1. The van der Waals surface area contributed by atoms with Crippen LogP contribution < -0.4 is 5.32 Å². The van der Waals surface area contributed by atoms with Crippen LogP contribution in [0.5, 0.6) is 0 Å². The Kier molecular flexibility index (Phi) is 4.32. The Labute approximate surface area is 135 Å². The number of nitrogens with one attached hydrogen (secondary N) is 2. The molecule has 0 aliphatic carbocycles. The number of H-pyrrole nitrogens is 1. The molecule has 1 saturated heterocycles. The molecule has 0 unspecified atom stereocenters. The molecule has 2 amide bonds. The highest BCUT2D eigenvalue weighted by molar-refractivity contribution is 6.05. The SMILES string of the molecule is C[C@H](NC(=O)c1n[nH]c2ccccc12)C(=O)N1CCCC[C@@H]1C. The Morgan fingerprint density at radius 2 is 2.13 bits per heavy atom. The van der Waals surface area contributed by atoms with Crippen LogP contribution in [0, 0.1) is 0 Å². The maximum atomic E-state index is 12.6. The summed E-state index contributed by atoms with van der Waals surface area (Å²) in [5, 5.41) is 10.4. The van der Waals surface area contributed by atoms with Crippen molar-refractivity contribution in [2.24, 2.45) is 0 Å². The lowest BCUT2D eigenvalue weighted by molar-refractivity contribution is -0.136. The predicted molar refractivity (Wildman–Crippen MR) is 88.0 cm³/mol. The van der Waals surface area contributed by atoms with Crippen LogP contribution in [-0.2, 0) is 4.79 Å². The summed E-state index contributed by atoms with van der Waals surface area (Å²) in [6.45, 7) is 4.56. The minimum atomic E-state index is -0.557. The second-order valence-electron chi connectivity index (χ2n) is 6.19. The van der Waals surface area contributed by atoms with Gasteiger partial charge < -0.3 is 10.2 Å². The van der Waals surface area contributed by atoms with Crippen LogP contribution in [0.15, 0.2) is 24.3 Å². The predicted octanol–water partition coefficient (Wildman–Crippen LogP) is 2.08. The lowest BCUT2D eigenvalue weighted by Crippen LogP contribution is -2.51. The molecule has 2 atom stereocenters. The van der Waals surface area contributed by atoms with Crippen molar-refractivity contribution in [2.45, 2.75) is 45.2 Å². The van der Waals surface area contributed by atoms with Crippen molar-refractivity contribution < 1.29 is 9.59 Å². The quantitative estimate of drug-likeness (QED) is 0.910. The number of rotatable bonds is 3. The van der Waals surface area contributed by atoms with Gasteiger partial charge in [0.05, 0.1) is 5.52 Å². The number of hydrogen-bond donors (Lipinski definition) is 2. The first-order chi connectivity index (χ1) is 11.1. The zero-order valence-corrected chi connectivity index (χ0v) is 13.5. The van der Waals surface area contributed by atoms with Crippen LogP contribution in [0.1, 0.15) is 43.6 Å². The maximum absolute atomic E-state index is 12.6. The number of likely N-dealkylation sites (tertiary alicyclic amines) is 1. The first-order valence-electron chi connectivity index (χ1n) is 8.12. The van der Waals surface area contributed by atoms with Crippen LogP contribution >= 0.6 is 0 Å². The smallest absolute Gasteiger partial charge is 0.273 e. The first kappa shape index (κ1) is 15.5. The number of nitrogens with zero attached hydrogens (tertiary/aromatic N) is 2. The van der Waals surface area contributed by atoms with Gasteiger partial charge >= 0.3 is 0 Å². The van der Waals surface area contributed by atoms with E-state index in [0.717, 1.165) is 36.7 Å². The number of carbonyl (C=O) groups excluding carboxylic acids is 2. The highest BCUT2D eigenvalue weighted by atomic mass is 16.2. The highest BCUT2D eigenvalue weighted by Crippen LogP contribution is 2.18. The van der Waals surface area contributed by atoms with E-state index >= 15 is 0 Å². The Balaban J connectivity index is 1.70. The van der Waals surface area contributed by atoms with E-state index in [2.05, 4.69) is 22.4 Å². The second kappa shape index (κ2) is 6.40. The van der Waals surface area contributed by atoms with E-state index in [4.69, 9.17) is 0 Å². The average molecular weight is 314 g/mol. The number of fused-ring (bicyclic) bond motifs is 1. The van der Waals surface area contributed by atoms with E-state index in [9.17, 15) is 9.59 Å². The molecule has 6 nitrogen and oxygen atoms in total. The first-order valence-corrected chi connectivity index (χ1v) is 8.12. The molecule has 0 saturated carbocycles. The van der Waals surface area contributed by atoms with Crippen LogP contribution in [0.4, 0.5) is 0 Å². The summed E-state index contributed by atoms with van der Waals surface area (Å²) in [7, 11) is 0. The van der Waals surface area contributed by atoms with Crippen molar-refractivity contribution in [3.05, 3.63) is 30.0 Å². The van der Waals surface area contributed by atoms with Gasteiger partial charge in [0, 0.05) is 18.0 Å². The third-order valence-corrected chi connectivity index (χ3v) is 4.49. The molecule has 23 heavy (non-hydrogen) atoms. The molecule has 0 radical (unpaired) electrons. The topological polar surface area (TPSA) is 78.1 Å². The van der Waals surface area contributed by atoms with E-state index in [0.29, 0.717) is 5.69 Å². The van der Waals surface area contributed by atoms with Crippen LogP contribution in [-0.4, -0.2) is 45.5 Å². The number of carbonyl (C=O) groups is 2. The van der Waals surface area contributed by atoms with Crippen LogP contribution in [0.3, 0.4) is 0 Å². The fourth-order valence-corrected chi connectivity index (χ4v) is 3.14. The Morgan fingerprint density at radius 1 is 1.35 bits per heavy atom. The number of piperidine rings is 1. The van der Waals surface area contributed by atoms with Gasteiger partial charge in [0.15, 0.2) is 5.69 Å². The normalized spacial score (nSPS) is 19.6. The van der Waals surface area contributed by atoms with Gasteiger partial charge in [-0.2, -0.15) is 5.10 Å². The highest BCUT2D eigenvalue weighted by Gasteiger charge is 2.28. The summed E-state index contributed by atoms with van der Waals surface area (Å²) in [6.07, 6.45) is 3.21. The number of hydrogen-bond acceptors (Lipinski definition) is 3. The molecule has 3 rings (SSSR count). The second-order valence-corrected chi connectivity index (χ2v) is 6.19. The largest absolute Gasteiger partial charge is 0.339 e. The molecule has 1 aromatic heterocycles. The van der Waals surface area contributed by atoms with E-state index < -0.39 is 6.04 Å². The molecule has 1 aromatic carbocycles. The number of para-hydroxylation sites is 1. The maximum Gasteiger partial charge on any atom is 0.273 e. The Hall–Kier alpha value is -2.37. The summed E-state index contributed by atoms with van der Waals surface area (Å²) in [5.74, 6) is -0.349. The van der Waals surface area contributed by atoms with E-state index in [1.54, 1.807) is 6.92 Å². The third kappa shape index (κ3) is 3.06. The summed E-state index contributed by atoms with van der Waals surface area (Å²) < 4.78 is 0. The summed E-state index contributed by atoms with van der Waals surface area (Å²) >= 11 is 0. The zero-order valence-electron chi connectivity index (χ0n) is 13.5.